The molecule has 3 aromatic carbocycles. The molecule has 1 atom stereocenters. The van der Waals surface area contributed by atoms with Crippen molar-refractivity contribution in [1.82, 2.24) is 0 Å². The standard InChI is InChI=1S/C31H33NO5/c1-7-20-8-12-22(13-9-20)32-28(21-10-14-23(36-5)15-11-21)27(30(34)31(32)35)29(33)25-17-24(18(2)3)26(37-6)16-19(25)4/h8-18,28,33H,7H2,1-6H3/b29-27+. The van der Waals surface area contributed by atoms with Gasteiger partial charge in [-0.25, -0.2) is 0 Å². The third-order valence-corrected chi connectivity index (χ3v) is 6.95. The van der Waals surface area contributed by atoms with E-state index in [9.17, 15) is 14.7 Å². The molecular weight excluding hydrogens is 466 g/mol. The van der Waals surface area contributed by atoms with Crippen molar-refractivity contribution in [2.24, 2.45) is 0 Å². The highest BCUT2D eigenvalue weighted by molar-refractivity contribution is 6.51. The van der Waals surface area contributed by atoms with Crippen LogP contribution in [0.4, 0.5) is 5.69 Å². The van der Waals surface area contributed by atoms with Gasteiger partial charge in [-0.15, -0.1) is 0 Å². The van der Waals surface area contributed by atoms with E-state index in [0.29, 0.717) is 28.3 Å². The molecule has 1 aliphatic rings. The summed E-state index contributed by atoms with van der Waals surface area (Å²) >= 11 is 0. The van der Waals surface area contributed by atoms with Gasteiger partial charge < -0.3 is 14.6 Å². The lowest BCUT2D eigenvalue weighted by molar-refractivity contribution is -0.132. The van der Waals surface area contributed by atoms with Gasteiger partial charge in [0.25, 0.3) is 11.7 Å². The molecule has 1 amide bonds. The molecule has 1 fully saturated rings. The molecule has 0 spiro atoms. The second-order valence-corrected chi connectivity index (χ2v) is 9.53. The summed E-state index contributed by atoms with van der Waals surface area (Å²) in [6.45, 7) is 7.98. The number of anilines is 1. The van der Waals surface area contributed by atoms with E-state index in [1.54, 1.807) is 26.4 Å². The number of aliphatic hydroxyl groups is 1. The fraction of sp³-hybridized carbons (Fsp3) is 0.290. The Bertz CT molecular complexity index is 1350. The van der Waals surface area contributed by atoms with E-state index in [0.717, 1.165) is 23.1 Å². The topological polar surface area (TPSA) is 76.1 Å². The van der Waals surface area contributed by atoms with Crippen LogP contribution in [-0.4, -0.2) is 31.0 Å². The number of carbonyl (C=O) groups is 2. The molecule has 1 aliphatic heterocycles. The highest BCUT2D eigenvalue weighted by Gasteiger charge is 2.47. The molecule has 6 heteroatoms. The van der Waals surface area contributed by atoms with Crippen LogP contribution < -0.4 is 14.4 Å². The normalized spacial score (nSPS) is 16.9. The molecule has 6 nitrogen and oxygen atoms in total. The summed E-state index contributed by atoms with van der Waals surface area (Å²) in [7, 11) is 3.19. The number of benzene rings is 3. The molecule has 0 bridgehead atoms. The van der Waals surface area contributed by atoms with Crippen LogP contribution in [0.25, 0.3) is 5.76 Å². The minimum Gasteiger partial charge on any atom is -0.507 e. The van der Waals surface area contributed by atoms with Gasteiger partial charge in [0.1, 0.15) is 17.3 Å². The number of amides is 1. The van der Waals surface area contributed by atoms with Crippen LogP contribution in [0.5, 0.6) is 11.5 Å². The van der Waals surface area contributed by atoms with Gasteiger partial charge in [0.2, 0.25) is 0 Å². The smallest absolute Gasteiger partial charge is 0.300 e. The fourth-order valence-corrected chi connectivity index (χ4v) is 4.82. The van der Waals surface area contributed by atoms with Gasteiger partial charge in [0.05, 0.1) is 25.8 Å². The van der Waals surface area contributed by atoms with Gasteiger partial charge in [0, 0.05) is 11.3 Å². The molecule has 0 aliphatic carbocycles. The Hall–Kier alpha value is -4.06. The summed E-state index contributed by atoms with van der Waals surface area (Å²) in [4.78, 5) is 28.5. The molecule has 4 rings (SSSR count). The van der Waals surface area contributed by atoms with Crippen molar-refractivity contribution in [2.45, 2.75) is 46.1 Å². The molecule has 1 saturated heterocycles. The van der Waals surface area contributed by atoms with Crippen molar-refractivity contribution in [3.8, 4) is 11.5 Å². The summed E-state index contributed by atoms with van der Waals surface area (Å²) < 4.78 is 10.9. The Morgan fingerprint density at radius 1 is 0.973 bits per heavy atom. The maximum Gasteiger partial charge on any atom is 0.300 e. The van der Waals surface area contributed by atoms with Crippen molar-refractivity contribution < 1.29 is 24.2 Å². The van der Waals surface area contributed by atoms with Crippen LogP contribution in [0.2, 0.25) is 0 Å². The Balaban J connectivity index is 1.96. The number of hydrogen-bond donors (Lipinski definition) is 1. The first kappa shape index (κ1) is 26.0. The molecule has 192 valence electrons. The van der Waals surface area contributed by atoms with Gasteiger partial charge >= 0.3 is 0 Å². The van der Waals surface area contributed by atoms with E-state index >= 15 is 0 Å². The molecule has 0 radical (unpaired) electrons. The zero-order valence-corrected chi connectivity index (χ0v) is 22.2. The molecule has 0 saturated carbocycles. The Kier molecular flexibility index (Phi) is 7.39. The van der Waals surface area contributed by atoms with Crippen LogP contribution in [0.15, 0.2) is 66.2 Å². The average molecular weight is 500 g/mol. The van der Waals surface area contributed by atoms with E-state index in [-0.39, 0.29) is 17.3 Å². The van der Waals surface area contributed by atoms with Gasteiger partial charge in [-0.2, -0.15) is 0 Å². The molecule has 37 heavy (non-hydrogen) atoms. The molecule has 3 aromatic rings. The van der Waals surface area contributed by atoms with Crippen molar-refractivity contribution in [1.29, 1.82) is 0 Å². The number of carbonyl (C=O) groups excluding carboxylic acids is 2. The zero-order valence-electron chi connectivity index (χ0n) is 22.2. The highest BCUT2D eigenvalue weighted by Crippen LogP contribution is 2.43. The summed E-state index contributed by atoms with van der Waals surface area (Å²) in [5.41, 5.74) is 4.60. The second kappa shape index (κ2) is 10.5. The van der Waals surface area contributed by atoms with Gasteiger partial charge in [0.15, 0.2) is 0 Å². The first-order valence-corrected chi connectivity index (χ1v) is 12.4. The van der Waals surface area contributed by atoms with Crippen LogP contribution >= 0.6 is 0 Å². The first-order valence-electron chi connectivity index (χ1n) is 12.4. The number of rotatable bonds is 7. The van der Waals surface area contributed by atoms with Crippen LogP contribution in [0.3, 0.4) is 0 Å². The van der Waals surface area contributed by atoms with Crippen molar-refractivity contribution in [3.05, 3.63) is 94.1 Å². The van der Waals surface area contributed by atoms with Gasteiger partial charge in [-0.05, 0) is 77.9 Å². The number of ketones is 1. The minimum absolute atomic E-state index is 0.0534. The van der Waals surface area contributed by atoms with Crippen molar-refractivity contribution >= 4 is 23.1 Å². The lowest BCUT2D eigenvalue weighted by Crippen LogP contribution is -2.29. The van der Waals surface area contributed by atoms with Crippen LogP contribution in [-0.2, 0) is 16.0 Å². The maximum absolute atomic E-state index is 13.5. The average Bonchev–Trinajstić information content (AvgIpc) is 3.18. The predicted molar refractivity (Wildman–Crippen MR) is 145 cm³/mol. The number of methoxy groups -OCH3 is 2. The third-order valence-electron chi connectivity index (χ3n) is 6.95. The quantitative estimate of drug-likeness (QED) is 0.234. The number of ether oxygens (including phenoxy) is 2. The van der Waals surface area contributed by atoms with Crippen LogP contribution in [0, 0.1) is 6.92 Å². The van der Waals surface area contributed by atoms with E-state index in [1.807, 2.05) is 69.3 Å². The summed E-state index contributed by atoms with van der Waals surface area (Å²) in [6, 6.07) is 17.7. The third kappa shape index (κ3) is 4.71. The molecule has 1 unspecified atom stereocenters. The second-order valence-electron chi connectivity index (χ2n) is 9.53. The monoisotopic (exact) mass is 499 g/mol. The van der Waals surface area contributed by atoms with E-state index in [2.05, 4.69) is 6.92 Å². The predicted octanol–water partition coefficient (Wildman–Crippen LogP) is 6.32. The fourth-order valence-electron chi connectivity index (χ4n) is 4.82. The number of aryl methyl sites for hydroxylation is 2. The zero-order chi connectivity index (χ0) is 26.9. The summed E-state index contributed by atoms with van der Waals surface area (Å²) in [5, 5.41) is 11.7. The lowest BCUT2D eigenvalue weighted by atomic mass is 9.91. The highest BCUT2D eigenvalue weighted by atomic mass is 16.5. The van der Waals surface area contributed by atoms with E-state index in [1.165, 1.54) is 4.90 Å². The maximum atomic E-state index is 13.5. The van der Waals surface area contributed by atoms with Crippen molar-refractivity contribution in [3.63, 3.8) is 0 Å². The molecular formula is C31H33NO5. The minimum atomic E-state index is -0.803. The molecule has 0 aromatic heterocycles. The Labute approximate surface area is 218 Å². The Morgan fingerprint density at radius 3 is 2.16 bits per heavy atom. The number of aliphatic hydroxyl groups excluding tert-OH is 1. The van der Waals surface area contributed by atoms with E-state index < -0.39 is 17.7 Å². The summed E-state index contributed by atoms with van der Waals surface area (Å²) in [5.74, 6) is -0.110. The van der Waals surface area contributed by atoms with Gasteiger partial charge in [-0.3, -0.25) is 14.5 Å². The number of nitrogens with zero attached hydrogens (tertiary/aromatic N) is 1. The molecule has 1 heterocycles. The van der Waals surface area contributed by atoms with Crippen molar-refractivity contribution in [2.75, 3.05) is 19.1 Å². The number of hydrogen-bond acceptors (Lipinski definition) is 5. The lowest BCUT2D eigenvalue weighted by Gasteiger charge is -2.26. The largest absolute Gasteiger partial charge is 0.507 e. The van der Waals surface area contributed by atoms with Crippen LogP contribution in [0.1, 0.15) is 60.5 Å². The molecule has 1 N–H and O–H groups in total. The SMILES string of the molecule is CCc1ccc(N2C(=O)C(=O)/C(=C(/O)c3cc(C(C)C)c(OC)cc3C)C2c2ccc(OC)cc2)cc1. The van der Waals surface area contributed by atoms with E-state index in [4.69, 9.17) is 9.47 Å². The summed E-state index contributed by atoms with van der Waals surface area (Å²) in [6.07, 6.45) is 0.857. The Morgan fingerprint density at radius 2 is 1.62 bits per heavy atom. The first-order chi connectivity index (χ1) is 17.7. The van der Waals surface area contributed by atoms with Gasteiger partial charge in [-0.1, -0.05) is 45.0 Å². The number of Topliss-reactive ketones (excluding diaryl/α,β-unsaturated/α-hetero) is 1.